The Morgan fingerprint density at radius 1 is 1.62 bits per heavy atom. The van der Waals surface area contributed by atoms with Crippen LogP contribution in [0, 0.1) is 0 Å². The summed E-state index contributed by atoms with van der Waals surface area (Å²) in [7, 11) is 0. The Bertz CT molecular complexity index is 437. The highest BCUT2D eigenvalue weighted by Gasteiger charge is 2.29. The first-order valence-corrected chi connectivity index (χ1v) is 6.39. The molecule has 1 N–H and O–H groups in total. The molecule has 1 aromatic heterocycles. The highest BCUT2D eigenvalue weighted by atomic mass is 32.1. The van der Waals surface area contributed by atoms with Gasteiger partial charge in [0, 0.05) is 11.4 Å². The highest BCUT2D eigenvalue weighted by Crippen LogP contribution is 2.19. The molecule has 1 aliphatic rings. The second-order valence-corrected chi connectivity index (χ2v) is 4.82. The fourth-order valence-electron chi connectivity index (χ4n) is 1.56. The van der Waals surface area contributed by atoms with E-state index in [-0.39, 0.29) is 5.91 Å². The van der Waals surface area contributed by atoms with Crippen LogP contribution in [0.15, 0.2) is 23.2 Å². The lowest BCUT2D eigenvalue weighted by atomic mass is 10.3. The Morgan fingerprint density at radius 3 is 3.06 bits per heavy atom. The molecule has 1 saturated heterocycles. The monoisotopic (exact) mass is 252 g/mol. The molecule has 0 aliphatic carbocycles. The van der Waals surface area contributed by atoms with Crippen molar-refractivity contribution in [2.75, 3.05) is 6.54 Å². The summed E-state index contributed by atoms with van der Waals surface area (Å²) in [5, 5.41) is 5.17. The molecule has 1 aromatic rings. The van der Waals surface area contributed by atoms with Gasteiger partial charge in [0.2, 0.25) is 0 Å². The predicted octanol–water partition coefficient (Wildman–Crippen LogP) is 2.22. The summed E-state index contributed by atoms with van der Waals surface area (Å²) in [6.07, 6.45) is 2.84. The van der Waals surface area contributed by atoms with Gasteiger partial charge in [-0.05, 0) is 36.2 Å². The molecule has 2 heterocycles. The summed E-state index contributed by atoms with van der Waals surface area (Å²) < 4.78 is 0. The molecule has 1 aliphatic heterocycles. The van der Waals surface area contributed by atoms with Crippen LogP contribution >= 0.6 is 23.6 Å². The Hall–Kier alpha value is -1.20. The van der Waals surface area contributed by atoms with Crippen LogP contribution in [-0.4, -0.2) is 22.5 Å². The molecule has 0 bridgehead atoms. The van der Waals surface area contributed by atoms with Gasteiger partial charge in [-0.15, -0.1) is 11.3 Å². The van der Waals surface area contributed by atoms with E-state index in [0.717, 1.165) is 17.8 Å². The summed E-state index contributed by atoms with van der Waals surface area (Å²) in [5.74, 6) is -0.105. The molecule has 0 spiro atoms. The van der Waals surface area contributed by atoms with Crippen molar-refractivity contribution in [3.05, 3.63) is 28.1 Å². The second kappa shape index (κ2) is 4.76. The molecule has 5 heteroatoms. The van der Waals surface area contributed by atoms with Crippen LogP contribution in [0.25, 0.3) is 6.08 Å². The van der Waals surface area contributed by atoms with Gasteiger partial charge < -0.3 is 4.90 Å². The van der Waals surface area contributed by atoms with Crippen molar-refractivity contribution >= 4 is 40.7 Å². The number of rotatable bonds is 3. The lowest BCUT2D eigenvalue weighted by Gasteiger charge is -2.15. The average Bonchev–Trinajstić information content (AvgIpc) is 2.82. The van der Waals surface area contributed by atoms with E-state index in [9.17, 15) is 4.79 Å². The minimum Gasteiger partial charge on any atom is -0.314 e. The van der Waals surface area contributed by atoms with Crippen molar-refractivity contribution in [2.24, 2.45) is 0 Å². The van der Waals surface area contributed by atoms with E-state index in [2.05, 4.69) is 12.2 Å². The number of thiocarbonyl (C=S) groups is 1. The van der Waals surface area contributed by atoms with E-state index in [1.165, 1.54) is 0 Å². The quantitative estimate of drug-likeness (QED) is 0.661. The molecular weight excluding hydrogens is 240 g/mol. The standard InChI is InChI=1S/C11H12N2OS2/c1-2-5-13-9(10(14)12-11(13)15)7-8-4-3-6-16-8/h3-4,6-7H,2,5H2,1H3,(H,12,14,15)/b9-7-. The number of nitrogens with zero attached hydrogens (tertiary/aromatic N) is 1. The molecule has 16 heavy (non-hydrogen) atoms. The van der Waals surface area contributed by atoms with Crippen LogP contribution in [0.1, 0.15) is 18.2 Å². The van der Waals surface area contributed by atoms with Crippen LogP contribution in [0.2, 0.25) is 0 Å². The first kappa shape index (κ1) is 11.3. The minimum absolute atomic E-state index is 0.105. The summed E-state index contributed by atoms with van der Waals surface area (Å²) in [5.41, 5.74) is 0.648. The molecule has 0 saturated carbocycles. The van der Waals surface area contributed by atoms with Crippen molar-refractivity contribution in [3.63, 3.8) is 0 Å². The fourth-order valence-corrected chi connectivity index (χ4v) is 2.49. The number of thiophene rings is 1. The second-order valence-electron chi connectivity index (χ2n) is 3.46. The first-order chi connectivity index (χ1) is 7.72. The first-order valence-electron chi connectivity index (χ1n) is 5.10. The molecule has 1 amide bonds. The lowest BCUT2D eigenvalue weighted by Crippen LogP contribution is -2.27. The zero-order chi connectivity index (χ0) is 11.5. The molecule has 0 aromatic carbocycles. The van der Waals surface area contributed by atoms with Gasteiger partial charge in [-0.25, -0.2) is 0 Å². The van der Waals surface area contributed by atoms with Gasteiger partial charge in [0.25, 0.3) is 5.91 Å². The normalized spacial score (nSPS) is 18.3. The number of carbonyl (C=O) groups excluding carboxylic acids is 1. The zero-order valence-electron chi connectivity index (χ0n) is 8.90. The van der Waals surface area contributed by atoms with Crippen LogP contribution in [0.5, 0.6) is 0 Å². The van der Waals surface area contributed by atoms with E-state index in [0.29, 0.717) is 10.8 Å². The number of nitrogens with one attached hydrogen (secondary N) is 1. The van der Waals surface area contributed by atoms with Crippen molar-refractivity contribution in [1.82, 2.24) is 10.2 Å². The predicted molar refractivity (Wildman–Crippen MR) is 70.0 cm³/mol. The van der Waals surface area contributed by atoms with Gasteiger partial charge in [-0.3, -0.25) is 10.1 Å². The van der Waals surface area contributed by atoms with Gasteiger partial charge in [-0.1, -0.05) is 13.0 Å². The molecule has 84 valence electrons. The molecule has 1 fully saturated rings. The third-order valence-electron chi connectivity index (χ3n) is 2.26. The van der Waals surface area contributed by atoms with E-state index in [1.807, 2.05) is 28.5 Å². The summed E-state index contributed by atoms with van der Waals surface area (Å²) >= 11 is 6.72. The van der Waals surface area contributed by atoms with Crippen molar-refractivity contribution < 1.29 is 4.79 Å². The lowest BCUT2D eigenvalue weighted by molar-refractivity contribution is -0.115. The van der Waals surface area contributed by atoms with Crippen LogP contribution in [0.3, 0.4) is 0 Å². The Kier molecular flexibility index (Phi) is 3.36. The van der Waals surface area contributed by atoms with Gasteiger partial charge >= 0.3 is 0 Å². The molecule has 3 nitrogen and oxygen atoms in total. The van der Waals surface area contributed by atoms with Gasteiger partial charge in [0.05, 0.1) is 0 Å². The van der Waals surface area contributed by atoms with Crippen LogP contribution in [0.4, 0.5) is 0 Å². The molecule has 0 atom stereocenters. The smallest absolute Gasteiger partial charge is 0.274 e. The van der Waals surface area contributed by atoms with Gasteiger partial charge in [-0.2, -0.15) is 0 Å². The van der Waals surface area contributed by atoms with E-state index < -0.39 is 0 Å². The molecule has 2 rings (SSSR count). The third-order valence-corrected chi connectivity index (χ3v) is 3.40. The number of amides is 1. The zero-order valence-corrected chi connectivity index (χ0v) is 10.5. The minimum atomic E-state index is -0.105. The summed E-state index contributed by atoms with van der Waals surface area (Å²) in [4.78, 5) is 14.6. The topological polar surface area (TPSA) is 32.3 Å². The largest absolute Gasteiger partial charge is 0.314 e. The molecule has 0 unspecified atom stereocenters. The van der Waals surface area contributed by atoms with E-state index >= 15 is 0 Å². The maximum absolute atomic E-state index is 11.7. The fraction of sp³-hybridized carbons (Fsp3) is 0.273. The summed E-state index contributed by atoms with van der Waals surface area (Å²) in [6.45, 7) is 2.84. The molecular formula is C11H12N2OS2. The van der Waals surface area contributed by atoms with Crippen LogP contribution < -0.4 is 5.32 Å². The SMILES string of the molecule is CCCN1C(=S)NC(=O)/C1=C/c1cccs1. The maximum Gasteiger partial charge on any atom is 0.274 e. The van der Waals surface area contributed by atoms with Crippen molar-refractivity contribution in [2.45, 2.75) is 13.3 Å². The number of hydrogen-bond donors (Lipinski definition) is 1. The molecule has 0 radical (unpaired) electrons. The summed E-state index contributed by atoms with van der Waals surface area (Å²) in [6, 6.07) is 3.95. The van der Waals surface area contributed by atoms with Gasteiger partial charge in [0.15, 0.2) is 5.11 Å². The number of hydrogen-bond acceptors (Lipinski definition) is 3. The van der Waals surface area contributed by atoms with Crippen LogP contribution in [-0.2, 0) is 4.79 Å². The van der Waals surface area contributed by atoms with E-state index in [4.69, 9.17) is 12.2 Å². The van der Waals surface area contributed by atoms with Gasteiger partial charge in [0.1, 0.15) is 5.70 Å². The Labute approximate surface area is 104 Å². The Balaban J connectivity index is 2.30. The van der Waals surface area contributed by atoms with E-state index in [1.54, 1.807) is 11.3 Å². The average molecular weight is 252 g/mol. The third kappa shape index (κ3) is 2.15. The highest BCUT2D eigenvalue weighted by molar-refractivity contribution is 7.80. The maximum atomic E-state index is 11.7. The Morgan fingerprint density at radius 2 is 2.44 bits per heavy atom. The van der Waals surface area contributed by atoms with Crippen molar-refractivity contribution in [3.8, 4) is 0 Å². The van der Waals surface area contributed by atoms with Crippen molar-refractivity contribution in [1.29, 1.82) is 0 Å². The number of carbonyl (C=O) groups is 1.